The monoisotopic (exact) mass is 631 g/mol. The van der Waals surface area contributed by atoms with Crippen LogP contribution in [0.2, 0.25) is 0 Å². The van der Waals surface area contributed by atoms with Gasteiger partial charge in [-0.05, 0) is 76.4 Å². The standard InChI is InChI=1S/C30H33BrF3N5O2/c1-3-41-37-25(20-9-11-22(31)12-10-20)24-8-4-5-16-39(24)29(2)13-17-38(18-14-29)28(40)23-19-21-7-6-15-35-27(21)36-26(23)30(32,33)34/h6-7,9-12,15,19,24H,3-5,8,13-14,16-18H2,1-2H3/b37-25+. The van der Waals surface area contributed by atoms with Crippen molar-refractivity contribution < 1.29 is 22.8 Å². The van der Waals surface area contributed by atoms with Gasteiger partial charge in [-0.15, -0.1) is 0 Å². The summed E-state index contributed by atoms with van der Waals surface area (Å²) in [4.78, 5) is 30.8. The summed E-state index contributed by atoms with van der Waals surface area (Å²) in [7, 11) is 0. The summed E-state index contributed by atoms with van der Waals surface area (Å²) in [5.41, 5.74) is -0.0442. The molecule has 0 spiro atoms. The summed E-state index contributed by atoms with van der Waals surface area (Å²) in [6, 6.07) is 12.6. The average molecular weight is 633 g/mol. The van der Waals surface area contributed by atoms with E-state index in [1.54, 1.807) is 12.1 Å². The minimum absolute atomic E-state index is 0.0257. The molecule has 0 saturated carbocycles. The van der Waals surface area contributed by atoms with Crippen molar-refractivity contribution in [2.45, 2.75) is 63.7 Å². The van der Waals surface area contributed by atoms with E-state index in [0.29, 0.717) is 37.9 Å². The summed E-state index contributed by atoms with van der Waals surface area (Å²) in [6.07, 6.45) is 0.897. The van der Waals surface area contributed by atoms with Crippen LogP contribution in [-0.2, 0) is 11.0 Å². The van der Waals surface area contributed by atoms with E-state index in [1.165, 1.54) is 17.2 Å². The molecule has 1 amide bonds. The molecule has 1 atom stereocenters. The third-order valence-corrected chi connectivity index (χ3v) is 8.69. The van der Waals surface area contributed by atoms with Gasteiger partial charge in [-0.25, -0.2) is 9.97 Å². The molecule has 1 unspecified atom stereocenters. The zero-order valence-corrected chi connectivity index (χ0v) is 24.7. The molecule has 7 nitrogen and oxygen atoms in total. The van der Waals surface area contributed by atoms with Gasteiger partial charge in [0.05, 0.1) is 11.6 Å². The number of aromatic nitrogens is 2. The molecule has 41 heavy (non-hydrogen) atoms. The van der Waals surface area contributed by atoms with Crippen molar-refractivity contribution in [3.05, 3.63) is 70.0 Å². The van der Waals surface area contributed by atoms with Gasteiger partial charge in [-0.2, -0.15) is 13.2 Å². The highest BCUT2D eigenvalue weighted by Gasteiger charge is 2.44. The van der Waals surface area contributed by atoms with E-state index in [0.717, 1.165) is 41.6 Å². The van der Waals surface area contributed by atoms with Crippen molar-refractivity contribution in [2.75, 3.05) is 26.2 Å². The minimum atomic E-state index is -4.77. The largest absolute Gasteiger partial charge is 0.434 e. The molecule has 5 rings (SSSR count). The Kier molecular flexibility index (Phi) is 8.65. The molecule has 0 N–H and O–H groups in total. The maximum absolute atomic E-state index is 13.9. The van der Waals surface area contributed by atoms with Crippen molar-refractivity contribution >= 4 is 38.6 Å². The Morgan fingerprint density at radius 3 is 2.56 bits per heavy atom. The van der Waals surface area contributed by atoms with Crippen LogP contribution in [0.15, 0.2) is 58.3 Å². The molecule has 2 aliphatic rings. The first kappa shape index (κ1) is 29.4. The molecular weight excluding hydrogens is 599 g/mol. The first-order valence-electron chi connectivity index (χ1n) is 14.0. The van der Waals surface area contributed by atoms with E-state index in [-0.39, 0.29) is 17.2 Å². The fourth-order valence-corrected chi connectivity index (χ4v) is 6.22. The van der Waals surface area contributed by atoms with E-state index in [9.17, 15) is 18.0 Å². The van der Waals surface area contributed by atoms with Gasteiger partial charge in [-0.1, -0.05) is 39.6 Å². The molecule has 1 aromatic carbocycles. The number of piperidine rings is 2. The molecule has 0 bridgehead atoms. The molecule has 0 aliphatic carbocycles. The first-order chi connectivity index (χ1) is 19.6. The molecule has 218 valence electrons. The summed E-state index contributed by atoms with van der Waals surface area (Å²) in [5, 5.41) is 4.96. The van der Waals surface area contributed by atoms with Gasteiger partial charge < -0.3 is 9.74 Å². The Morgan fingerprint density at radius 2 is 1.88 bits per heavy atom. The van der Waals surface area contributed by atoms with Crippen LogP contribution in [0.25, 0.3) is 11.0 Å². The fourth-order valence-electron chi connectivity index (χ4n) is 5.96. The number of rotatable bonds is 6. The second-order valence-electron chi connectivity index (χ2n) is 10.8. The number of amides is 1. The Balaban J connectivity index is 1.39. The number of carbonyl (C=O) groups excluding carboxylic acids is 1. The quantitative estimate of drug-likeness (QED) is 0.224. The van der Waals surface area contributed by atoms with Crippen LogP contribution in [0.4, 0.5) is 13.2 Å². The summed E-state index contributed by atoms with van der Waals surface area (Å²) < 4.78 is 42.8. The number of hydrogen-bond acceptors (Lipinski definition) is 6. The number of alkyl halides is 3. The van der Waals surface area contributed by atoms with Gasteiger partial charge >= 0.3 is 6.18 Å². The molecule has 2 fully saturated rings. The van der Waals surface area contributed by atoms with Gasteiger partial charge in [0.25, 0.3) is 5.91 Å². The molecule has 2 saturated heterocycles. The number of pyridine rings is 2. The van der Waals surface area contributed by atoms with E-state index in [4.69, 9.17) is 4.84 Å². The topological polar surface area (TPSA) is 70.9 Å². The number of oxime groups is 1. The van der Waals surface area contributed by atoms with Crippen molar-refractivity contribution in [3.63, 3.8) is 0 Å². The van der Waals surface area contributed by atoms with Crippen molar-refractivity contribution in [1.29, 1.82) is 0 Å². The Bertz CT molecular complexity index is 1420. The highest BCUT2D eigenvalue weighted by atomic mass is 79.9. The Morgan fingerprint density at radius 1 is 1.15 bits per heavy atom. The van der Waals surface area contributed by atoms with Crippen LogP contribution in [0.1, 0.15) is 67.6 Å². The lowest BCUT2D eigenvalue weighted by Gasteiger charge is -2.51. The van der Waals surface area contributed by atoms with Gasteiger partial charge in [0.2, 0.25) is 0 Å². The van der Waals surface area contributed by atoms with Crippen LogP contribution in [0.5, 0.6) is 0 Å². The second-order valence-corrected chi connectivity index (χ2v) is 11.7. The average Bonchev–Trinajstić information content (AvgIpc) is 2.97. The Labute approximate surface area is 245 Å². The molecular formula is C30H33BrF3N5O2. The van der Waals surface area contributed by atoms with Gasteiger partial charge in [-0.3, -0.25) is 9.69 Å². The van der Waals surface area contributed by atoms with E-state index in [1.807, 2.05) is 31.2 Å². The number of hydrogen-bond donors (Lipinski definition) is 0. The van der Waals surface area contributed by atoms with E-state index in [2.05, 4.69) is 42.9 Å². The van der Waals surface area contributed by atoms with Crippen LogP contribution >= 0.6 is 15.9 Å². The van der Waals surface area contributed by atoms with Crippen molar-refractivity contribution in [2.24, 2.45) is 5.16 Å². The van der Waals surface area contributed by atoms with Crippen LogP contribution in [-0.4, -0.2) is 69.2 Å². The number of nitrogens with zero attached hydrogens (tertiary/aromatic N) is 5. The fraction of sp³-hybridized carbons (Fsp3) is 0.467. The molecule has 0 radical (unpaired) electrons. The zero-order chi connectivity index (χ0) is 29.2. The molecule has 2 aliphatic heterocycles. The smallest absolute Gasteiger partial charge is 0.396 e. The SMILES string of the molecule is CCO/N=C(\c1ccc(Br)cc1)C1CCCCN1C1(C)CCN(C(=O)c2cc3cccnc3nc2C(F)(F)F)CC1. The minimum Gasteiger partial charge on any atom is -0.396 e. The molecule has 3 aromatic rings. The summed E-state index contributed by atoms with van der Waals surface area (Å²) >= 11 is 3.50. The van der Waals surface area contributed by atoms with E-state index < -0.39 is 23.3 Å². The van der Waals surface area contributed by atoms with Crippen molar-refractivity contribution in [1.82, 2.24) is 19.8 Å². The van der Waals surface area contributed by atoms with E-state index >= 15 is 0 Å². The number of carbonyl (C=O) groups is 1. The van der Waals surface area contributed by atoms with Gasteiger partial charge in [0, 0.05) is 40.2 Å². The summed E-state index contributed by atoms with van der Waals surface area (Å²) in [5.74, 6) is -0.652. The number of fused-ring (bicyclic) bond motifs is 1. The zero-order valence-electron chi connectivity index (χ0n) is 23.1. The van der Waals surface area contributed by atoms with Crippen LogP contribution < -0.4 is 0 Å². The lowest BCUT2D eigenvalue weighted by molar-refractivity contribution is -0.141. The predicted octanol–water partition coefficient (Wildman–Crippen LogP) is 6.70. The highest BCUT2D eigenvalue weighted by Crippen LogP contribution is 2.37. The first-order valence-corrected chi connectivity index (χ1v) is 14.7. The lowest BCUT2D eigenvalue weighted by Crippen LogP contribution is -2.60. The maximum atomic E-state index is 13.9. The summed E-state index contributed by atoms with van der Waals surface area (Å²) in [6.45, 7) is 6.12. The Hall–Kier alpha value is -3.05. The third kappa shape index (κ3) is 6.25. The number of benzene rings is 1. The molecule has 2 aromatic heterocycles. The second kappa shape index (κ2) is 12.1. The van der Waals surface area contributed by atoms with Gasteiger partial charge in [0.1, 0.15) is 12.3 Å². The van der Waals surface area contributed by atoms with Gasteiger partial charge in [0.15, 0.2) is 11.3 Å². The number of halogens is 4. The normalized spacial score (nSPS) is 20.3. The predicted molar refractivity (Wildman–Crippen MR) is 155 cm³/mol. The maximum Gasteiger partial charge on any atom is 0.434 e. The van der Waals surface area contributed by atoms with Crippen LogP contribution in [0, 0.1) is 0 Å². The number of likely N-dealkylation sites (tertiary alicyclic amines) is 2. The molecule has 11 heteroatoms. The third-order valence-electron chi connectivity index (χ3n) is 8.16. The lowest BCUT2D eigenvalue weighted by atomic mass is 9.82. The highest BCUT2D eigenvalue weighted by molar-refractivity contribution is 9.10. The van der Waals surface area contributed by atoms with Crippen molar-refractivity contribution in [3.8, 4) is 0 Å². The van der Waals surface area contributed by atoms with Crippen LogP contribution in [0.3, 0.4) is 0 Å². The molecule has 4 heterocycles.